The van der Waals surface area contributed by atoms with Crippen molar-refractivity contribution in [2.45, 2.75) is 50.5 Å². The molecule has 1 aromatic heterocycles. The van der Waals surface area contributed by atoms with Gasteiger partial charge in [-0.2, -0.15) is 0 Å². The average molecular weight is 235 g/mol. The number of rotatable bonds is 5. The summed E-state index contributed by atoms with van der Waals surface area (Å²) in [5.74, 6) is 1.24. The topological polar surface area (TPSA) is 60.9 Å². The summed E-state index contributed by atoms with van der Waals surface area (Å²) in [7, 11) is 1.95. The molecule has 0 radical (unpaired) electrons. The van der Waals surface area contributed by atoms with E-state index in [1.807, 2.05) is 17.8 Å². The summed E-state index contributed by atoms with van der Waals surface area (Å²) in [5, 5.41) is 0. The minimum Gasteiger partial charge on any atom is -0.338 e. The molecule has 94 valence electrons. The molecule has 4 nitrogen and oxygen atoms in total. The first-order valence-electron chi connectivity index (χ1n) is 6.36. The van der Waals surface area contributed by atoms with E-state index in [0.29, 0.717) is 12.8 Å². The maximum Gasteiger partial charge on any atom is 0.135 e. The Hall–Kier alpha value is -1.16. The van der Waals surface area contributed by atoms with Crippen LogP contribution in [-0.2, 0) is 18.3 Å². The van der Waals surface area contributed by atoms with Crippen molar-refractivity contribution in [1.29, 1.82) is 0 Å². The molecule has 4 heteroatoms. The predicted octanol–water partition coefficient (Wildman–Crippen LogP) is 1.58. The van der Waals surface area contributed by atoms with Crippen LogP contribution in [0.15, 0.2) is 12.4 Å². The average Bonchev–Trinajstić information content (AvgIpc) is 2.85. The molecule has 1 aromatic rings. The molecule has 17 heavy (non-hydrogen) atoms. The first kappa shape index (κ1) is 12.3. The lowest BCUT2D eigenvalue weighted by atomic mass is 9.91. The Morgan fingerprint density at radius 1 is 1.53 bits per heavy atom. The van der Waals surface area contributed by atoms with E-state index in [1.54, 1.807) is 6.20 Å². The summed E-state index contributed by atoms with van der Waals surface area (Å²) in [6.07, 6.45) is 9.83. The van der Waals surface area contributed by atoms with E-state index in [1.165, 1.54) is 12.8 Å². The van der Waals surface area contributed by atoms with Crippen molar-refractivity contribution in [3.8, 4) is 0 Å². The molecule has 0 unspecified atom stereocenters. The molecule has 0 aromatic carbocycles. The van der Waals surface area contributed by atoms with E-state index in [9.17, 15) is 4.79 Å². The van der Waals surface area contributed by atoms with Crippen LogP contribution in [0.5, 0.6) is 0 Å². The van der Waals surface area contributed by atoms with Crippen LogP contribution >= 0.6 is 0 Å². The largest absolute Gasteiger partial charge is 0.338 e. The highest BCUT2D eigenvalue weighted by Gasteiger charge is 2.31. The van der Waals surface area contributed by atoms with Gasteiger partial charge in [-0.05, 0) is 12.8 Å². The van der Waals surface area contributed by atoms with Gasteiger partial charge < -0.3 is 10.3 Å². The van der Waals surface area contributed by atoms with Crippen molar-refractivity contribution >= 4 is 5.78 Å². The summed E-state index contributed by atoms with van der Waals surface area (Å²) in [6.45, 7) is 0. The van der Waals surface area contributed by atoms with Gasteiger partial charge in [0.2, 0.25) is 0 Å². The molecule has 1 aliphatic rings. The van der Waals surface area contributed by atoms with Crippen molar-refractivity contribution in [3.05, 3.63) is 18.2 Å². The molecule has 1 aliphatic carbocycles. The molecule has 1 saturated carbocycles. The molecule has 0 bridgehead atoms. The van der Waals surface area contributed by atoms with Gasteiger partial charge in [-0.25, -0.2) is 4.98 Å². The number of carbonyl (C=O) groups excluding carboxylic acids is 1. The molecule has 0 aliphatic heterocycles. The van der Waals surface area contributed by atoms with Gasteiger partial charge in [0.15, 0.2) is 0 Å². The predicted molar refractivity (Wildman–Crippen MR) is 66.5 cm³/mol. The number of aryl methyl sites for hydroxylation is 2. The Morgan fingerprint density at radius 2 is 2.24 bits per heavy atom. The van der Waals surface area contributed by atoms with Gasteiger partial charge >= 0.3 is 0 Å². The number of imidazole rings is 1. The van der Waals surface area contributed by atoms with E-state index < -0.39 is 0 Å². The van der Waals surface area contributed by atoms with Gasteiger partial charge in [0.05, 0.1) is 0 Å². The number of hydrogen-bond acceptors (Lipinski definition) is 3. The highest BCUT2D eigenvalue weighted by molar-refractivity contribution is 5.79. The summed E-state index contributed by atoms with van der Waals surface area (Å²) in [4.78, 5) is 16.1. The van der Waals surface area contributed by atoms with E-state index >= 15 is 0 Å². The van der Waals surface area contributed by atoms with Crippen LogP contribution in [0.4, 0.5) is 0 Å². The lowest BCUT2D eigenvalue weighted by Crippen LogP contribution is -2.38. The molecule has 0 spiro atoms. The normalized spacial score (nSPS) is 18.5. The van der Waals surface area contributed by atoms with Gasteiger partial charge in [0.25, 0.3) is 0 Å². The monoisotopic (exact) mass is 235 g/mol. The zero-order valence-electron chi connectivity index (χ0n) is 10.5. The fraction of sp³-hybridized carbons (Fsp3) is 0.692. The Bertz CT molecular complexity index is 391. The van der Waals surface area contributed by atoms with Crippen molar-refractivity contribution in [2.75, 3.05) is 0 Å². The summed E-state index contributed by atoms with van der Waals surface area (Å²) < 4.78 is 1.96. The van der Waals surface area contributed by atoms with Crippen LogP contribution in [0.3, 0.4) is 0 Å². The number of aromatic nitrogens is 2. The molecule has 2 N–H and O–H groups in total. The van der Waals surface area contributed by atoms with Crippen LogP contribution in [0, 0.1) is 0 Å². The molecular formula is C13H21N3O. The second-order valence-electron chi connectivity index (χ2n) is 5.24. The molecule has 2 rings (SSSR count). The van der Waals surface area contributed by atoms with Gasteiger partial charge in [0.1, 0.15) is 11.6 Å². The Labute approximate surface area is 102 Å². The number of hydrogen-bond donors (Lipinski definition) is 1. The fourth-order valence-corrected chi connectivity index (χ4v) is 2.63. The van der Waals surface area contributed by atoms with Gasteiger partial charge in [0, 0.05) is 44.2 Å². The van der Waals surface area contributed by atoms with Gasteiger partial charge in [-0.3, -0.25) is 4.79 Å². The van der Waals surface area contributed by atoms with Crippen LogP contribution in [0.1, 0.15) is 44.3 Å². The fourth-order valence-electron chi connectivity index (χ4n) is 2.63. The van der Waals surface area contributed by atoms with Gasteiger partial charge in [-0.1, -0.05) is 12.8 Å². The van der Waals surface area contributed by atoms with Crippen molar-refractivity contribution < 1.29 is 4.79 Å². The highest BCUT2D eigenvalue weighted by Crippen LogP contribution is 2.30. The zero-order chi connectivity index (χ0) is 12.3. The van der Waals surface area contributed by atoms with E-state index in [2.05, 4.69) is 4.98 Å². The molecule has 0 saturated heterocycles. The van der Waals surface area contributed by atoms with E-state index in [4.69, 9.17) is 5.73 Å². The highest BCUT2D eigenvalue weighted by atomic mass is 16.1. The van der Waals surface area contributed by atoms with Crippen molar-refractivity contribution in [1.82, 2.24) is 9.55 Å². The Morgan fingerprint density at radius 3 is 2.82 bits per heavy atom. The molecule has 1 heterocycles. The number of nitrogens with two attached hydrogens (primary N) is 1. The summed E-state index contributed by atoms with van der Waals surface area (Å²) in [5.41, 5.74) is 5.99. The maximum absolute atomic E-state index is 11.9. The quantitative estimate of drug-likeness (QED) is 0.843. The number of nitrogens with zero attached hydrogens (tertiary/aromatic N) is 2. The second-order valence-corrected chi connectivity index (χ2v) is 5.24. The smallest absolute Gasteiger partial charge is 0.135 e. The van der Waals surface area contributed by atoms with Gasteiger partial charge in [-0.15, -0.1) is 0 Å². The first-order chi connectivity index (χ1) is 8.09. The minimum absolute atomic E-state index is 0.210. The van der Waals surface area contributed by atoms with E-state index in [-0.39, 0.29) is 11.3 Å². The zero-order valence-corrected chi connectivity index (χ0v) is 10.5. The molecule has 0 atom stereocenters. The van der Waals surface area contributed by atoms with Crippen LogP contribution in [0.25, 0.3) is 0 Å². The molecule has 1 fully saturated rings. The van der Waals surface area contributed by atoms with E-state index in [0.717, 1.165) is 25.1 Å². The second kappa shape index (κ2) is 5.00. The van der Waals surface area contributed by atoms with Crippen LogP contribution < -0.4 is 5.73 Å². The lowest BCUT2D eigenvalue weighted by Gasteiger charge is -2.22. The first-order valence-corrected chi connectivity index (χ1v) is 6.36. The third-order valence-electron chi connectivity index (χ3n) is 3.70. The lowest BCUT2D eigenvalue weighted by molar-refractivity contribution is -0.120. The van der Waals surface area contributed by atoms with Crippen LogP contribution in [0.2, 0.25) is 0 Å². The minimum atomic E-state index is -0.210. The van der Waals surface area contributed by atoms with Crippen molar-refractivity contribution in [2.24, 2.45) is 12.8 Å². The molecular weight excluding hydrogens is 214 g/mol. The van der Waals surface area contributed by atoms with Crippen molar-refractivity contribution in [3.63, 3.8) is 0 Å². The SMILES string of the molecule is Cn1ccnc1CCC(=O)CC1(N)CCCC1. The number of carbonyl (C=O) groups is 1. The summed E-state index contributed by atoms with van der Waals surface area (Å²) in [6, 6.07) is 0. The maximum atomic E-state index is 11.9. The third-order valence-corrected chi connectivity index (χ3v) is 3.70. The summed E-state index contributed by atoms with van der Waals surface area (Å²) >= 11 is 0. The number of ketones is 1. The number of Topliss-reactive ketones (excluding diaryl/α,β-unsaturated/α-hetero) is 1. The third kappa shape index (κ3) is 3.16. The molecule has 0 amide bonds. The Kier molecular flexibility index (Phi) is 3.62. The Balaban J connectivity index is 1.80. The standard InChI is InChI=1S/C13H21N3O/c1-16-9-8-15-12(16)5-4-11(17)10-13(14)6-2-3-7-13/h8-9H,2-7,10,14H2,1H3. The van der Waals surface area contributed by atoms with Crippen LogP contribution in [-0.4, -0.2) is 20.9 Å².